The average molecular weight is 251 g/mol. The van der Waals surface area contributed by atoms with Crippen LogP contribution in [0.5, 0.6) is 0 Å². The number of hydrogen-bond donors (Lipinski definition) is 1. The highest BCUT2D eigenvalue weighted by molar-refractivity contribution is 7.12. The number of likely N-dealkylation sites (tertiary alicyclic amines) is 1. The normalized spacial score (nSPS) is 20.4. The number of hydrogen-bond acceptors (Lipinski definition) is 3. The fourth-order valence-electron chi connectivity index (χ4n) is 2.11. The second-order valence-electron chi connectivity index (χ2n) is 4.29. The molecule has 17 heavy (non-hydrogen) atoms. The monoisotopic (exact) mass is 251 g/mol. The van der Waals surface area contributed by atoms with Crippen molar-refractivity contribution in [2.75, 3.05) is 13.2 Å². The third-order valence-electron chi connectivity index (χ3n) is 3.02. The Morgan fingerprint density at radius 1 is 1.65 bits per heavy atom. The Labute approximate surface area is 105 Å². The van der Waals surface area contributed by atoms with Gasteiger partial charge in [-0.15, -0.1) is 11.3 Å². The van der Waals surface area contributed by atoms with Crippen LogP contribution in [0.2, 0.25) is 0 Å². The predicted molar refractivity (Wildman–Crippen MR) is 69.9 cm³/mol. The number of aryl methyl sites for hydroxylation is 1. The molecule has 0 saturated carbocycles. The van der Waals surface area contributed by atoms with Gasteiger partial charge in [-0.25, -0.2) is 0 Å². The van der Waals surface area contributed by atoms with Crippen molar-refractivity contribution in [3.8, 4) is 0 Å². The molecule has 0 bridgehead atoms. The highest BCUT2D eigenvalue weighted by Crippen LogP contribution is 2.19. The molecule has 1 atom stereocenters. The molecular weight excluding hydrogens is 234 g/mol. The Morgan fingerprint density at radius 2 is 2.47 bits per heavy atom. The molecule has 1 amide bonds. The van der Waals surface area contributed by atoms with E-state index in [4.69, 9.17) is 5.11 Å². The highest BCUT2D eigenvalue weighted by atomic mass is 32.1. The lowest BCUT2D eigenvalue weighted by Gasteiger charge is -2.21. The quantitative estimate of drug-likeness (QED) is 0.835. The second-order valence-corrected chi connectivity index (χ2v) is 5.61. The number of carbonyl (C=O) groups is 1. The maximum absolute atomic E-state index is 11.9. The molecule has 1 fully saturated rings. The molecule has 92 valence electrons. The summed E-state index contributed by atoms with van der Waals surface area (Å²) in [4.78, 5) is 16.0. The van der Waals surface area contributed by atoms with Crippen molar-refractivity contribution in [2.45, 2.75) is 25.8 Å². The molecule has 0 aromatic carbocycles. The molecule has 1 saturated heterocycles. The van der Waals surface area contributed by atoms with Crippen LogP contribution >= 0.6 is 11.3 Å². The number of nitrogens with zero attached hydrogens (tertiary/aromatic N) is 1. The minimum atomic E-state index is 0.00704. The largest absolute Gasteiger partial charge is 0.394 e. The van der Waals surface area contributed by atoms with Crippen LogP contribution in [0.1, 0.15) is 22.6 Å². The smallest absolute Gasteiger partial charge is 0.246 e. The van der Waals surface area contributed by atoms with E-state index in [1.54, 1.807) is 22.3 Å². The first kappa shape index (κ1) is 12.3. The fraction of sp³-hybridized carbons (Fsp3) is 0.462. The lowest BCUT2D eigenvalue weighted by Crippen LogP contribution is -2.36. The van der Waals surface area contributed by atoms with Gasteiger partial charge in [0.1, 0.15) is 0 Å². The number of amides is 1. The van der Waals surface area contributed by atoms with Crippen LogP contribution < -0.4 is 0 Å². The lowest BCUT2D eigenvalue weighted by atomic mass is 10.2. The molecule has 2 rings (SSSR count). The van der Waals surface area contributed by atoms with Gasteiger partial charge < -0.3 is 10.0 Å². The summed E-state index contributed by atoms with van der Waals surface area (Å²) >= 11 is 1.67. The molecule has 2 heterocycles. The maximum atomic E-state index is 11.9. The molecular formula is C13H17NO2S. The number of rotatable bonds is 3. The summed E-state index contributed by atoms with van der Waals surface area (Å²) < 4.78 is 0. The standard InChI is InChI=1S/C13H17NO2S/c1-10-4-5-12(17-10)6-7-13(16)14-8-2-3-11(14)9-15/h4-7,11,15H,2-3,8-9H2,1H3/b7-6+/t11-/m1/s1. The summed E-state index contributed by atoms with van der Waals surface area (Å²) in [5, 5.41) is 9.16. The Balaban J connectivity index is 1.99. The molecule has 3 nitrogen and oxygen atoms in total. The van der Waals surface area contributed by atoms with E-state index in [1.807, 2.05) is 25.1 Å². The van der Waals surface area contributed by atoms with Gasteiger partial charge >= 0.3 is 0 Å². The summed E-state index contributed by atoms with van der Waals surface area (Å²) in [6.07, 6.45) is 5.36. The van der Waals surface area contributed by atoms with Crippen LogP contribution in [0.3, 0.4) is 0 Å². The number of aliphatic hydroxyl groups is 1. The second kappa shape index (κ2) is 5.47. The summed E-state index contributed by atoms with van der Waals surface area (Å²) in [6.45, 7) is 2.88. The van der Waals surface area contributed by atoms with E-state index in [2.05, 4.69) is 0 Å². The van der Waals surface area contributed by atoms with E-state index in [1.165, 1.54) is 4.88 Å². The summed E-state index contributed by atoms with van der Waals surface area (Å²) in [5.41, 5.74) is 0. The first-order valence-electron chi connectivity index (χ1n) is 5.86. The lowest BCUT2D eigenvalue weighted by molar-refractivity contribution is -0.127. The van der Waals surface area contributed by atoms with Crippen LogP contribution in [0.4, 0.5) is 0 Å². The molecule has 1 N–H and O–H groups in total. The van der Waals surface area contributed by atoms with Gasteiger partial charge in [-0.1, -0.05) is 0 Å². The number of aliphatic hydroxyl groups excluding tert-OH is 1. The van der Waals surface area contributed by atoms with Crippen molar-refractivity contribution in [3.63, 3.8) is 0 Å². The maximum Gasteiger partial charge on any atom is 0.246 e. The van der Waals surface area contributed by atoms with Crippen molar-refractivity contribution in [1.29, 1.82) is 0 Å². The average Bonchev–Trinajstić information content (AvgIpc) is 2.94. The van der Waals surface area contributed by atoms with Gasteiger partial charge in [-0.3, -0.25) is 4.79 Å². The Kier molecular flexibility index (Phi) is 3.97. The third kappa shape index (κ3) is 2.96. The Hall–Kier alpha value is -1.13. The highest BCUT2D eigenvalue weighted by Gasteiger charge is 2.26. The SMILES string of the molecule is Cc1ccc(/C=C/C(=O)N2CCC[C@@H]2CO)s1. The van der Waals surface area contributed by atoms with Crippen molar-refractivity contribution >= 4 is 23.3 Å². The minimum Gasteiger partial charge on any atom is -0.394 e. The zero-order chi connectivity index (χ0) is 12.3. The summed E-state index contributed by atoms with van der Waals surface area (Å²) in [6, 6.07) is 4.07. The van der Waals surface area contributed by atoms with Crippen LogP contribution in [0, 0.1) is 6.92 Å². The Morgan fingerprint density at radius 3 is 3.12 bits per heavy atom. The fourth-order valence-corrected chi connectivity index (χ4v) is 2.89. The molecule has 1 aliphatic rings. The van der Waals surface area contributed by atoms with Gasteiger partial charge in [0.2, 0.25) is 5.91 Å². The third-order valence-corrected chi connectivity index (χ3v) is 3.99. The zero-order valence-corrected chi connectivity index (χ0v) is 10.7. The zero-order valence-electron chi connectivity index (χ0n) is 9.93. The number of thiophene rings is 1. The molecule has 1 aromatic rings. The van der Waals surface area contributed by atoms with Gasteiger partial charge in [-0.05, 0) is 38.0 Å². The topological polar surface area (TPSA) is 40.5 Å². The van der Waals surface area contributed by atoms with Crippen molar-refractivity contribution in [3.05, 3.63) is 28.0 Å². The Bertz CT molecular complexity index is 425. The summed E-state index contributed by atoms with van der Waals surface area (Å²) in [5.74, 6) is 0.00704. The van der Waals surface area contributed by atoms with Gasteiger partial charge in [0.25, 0.3) is 0 Å². The van der Waals surface area contributed by atoms with Crippen molar-refractivity contribution in [1.82, 2.24) is 4.90 Å². The van der Waals surface area contributed by atoms with E-state index in [0.29, 0.717) is 0 Å². The number of carbonyl (C=O) groups excluding carboxylic acids is 1. The molecule has 0 radical (unpaired) electrons. The van der Waals surface area contributed by atoms with Gasteiger partial charge in [0.15, 0.2) is 0 Å². The van der Waals surface area contributed by atoms with E-state index in [0.717, 1.165) is 24.3 Å². The van der Waals surface area contributed by atoms with Crippen molar-refractivity contribution in [2.24, 2.45) is 0 Å². The first-order valence-corrected chi connectivity index (χ1v) is 6.68. The van der Waals surface area contributed by atoms with E-state index in [-0.39, 0.29) is 18.6 Å². The molecule has 4 heteroatoms. The van der Waals surface area contributed by atoms with Crippen LogP contribution in [0.25, 0.3) is 6.08 Å². The van der Waals surface area contributed by atoms with Crippen molar-refractivity contribution < 1.29 is 9.90 Å². The molecule has 1 aromatic heterocycles. The molecule has 1 aliphatic heterocycles. The summed E-state index contributed by atoms with van der Waals surface area (Å²) in [7, 11) is 0. The van der Waals surface area contributed by atoms with Crippen LogP contribution in [-0.2, 0) is 4.79 Å². The van der Waals surface area contributed by atoms with Gasteiger partial charge in [-0.2, -0.15) is 0 Å². The van der Waals surface area contributed by atoms with Gasteiger partial charge in [0, 0.05) is 22.4 Å². The van der Waals surface area contributed by atoms with E-state index in [9.17, 15) is 4.79 Å². The van der Waals surface area contributed by atoms with E-state index < -0.39 is 0 Å². The first-order chi connectivity index (χ1) is 8.20. The predicted octanol–water partition coefficient (Wildman–Crippen LogP) is 2.05. The van der Waals surface area contributed by atoms with E-state index >= 15 is 0 Å². The minimum absolute atomic E-state index is 0.00704. The molecule has 0 spiro atoms. The van der Waals surface area contributed by atoms with Crippen LogP contribution in [-0.4, -0.2) is 35.1 Å². The molecule has 0 aliphatic carbocycles. The van der Waals surface area contributed by atoms with Gasteiger partial charge in [0.05, 0.1) is 12.6 Å². The molecule has 0 unspecified atom stereocenters. The van der Waals surface area contributed by atoms with Crippen LogP contribution in [0.15, 0.2) is 18.2 Å².